The quantitative estimate of drug-likeness (QED) is 0.590. The van der Waals surface area contributed by atoms with E-state index in [4.69, 9.17) is 14.5 Å². The molecule has 6 nitrogen and oxygen atoms in total. The number of carbonyl (C=O) groups is 1. The Morgan fingerprint density at radius 1 is 1.20 bits per heavy atom. The number of hydrogen-bond donors (Lipinski definition) is 1. The zero-order valence-corrected chi connectivity index (χ0v) is 17.8. The number of nitrogens with one attached hydrogen (secondary N) is 1. The summed E-state index contributed by atoms with van der Waals surface area (Å²) in [5.41, 5.74) is 4.06. The molecular weight excluding hydrogens is 378 g/mol. The highest BCUT2D eigenvalue weighted by Crippen LogP contribution is 2.40. The number of allylic oxidation sites excluding steroid dienone is 1. The maximum atomic E-state index is 12.8. The van der Waals surface area contributed by atoms with Gasteiger partial charge in [0.05, 0.1) is 36.4 Å². The number of fused-ring (bicyclic) bond motifs is 3. The van der Waals surface area contributed by atoms with Crippen molar-refractivity contribution in [1.29, 1.82) is 0 Å². The van der Waals surface area contributed by atoms with Crippen molar-refractivity contribution in [2.75, 3.05) is 19.0 Å². The van der Waals surface area contributed by atoms with Crippen LogP contribution >= 0.6 is 0 Å². The number of anilines is 1. The normalized spacial score (nSPS) is 15.8. The summed E-state index contributed by atoms with van der Waals surface area (Å²) in [7, 11) is 1.41. The summed E-state index contributed by atoms with van der Waals surface area (Å²) in [5.74, 6) is 1.71. The standard InChI is InChI=1S/C24H27N3O3/c1-15(2)12-13-30-18-9-7-8-17(14-18)22-21(23(28)29-4)16(3)25-24-26-19-10-5-6-11-20(19)27(22)24/h5-11,14-15,22H,12-13H2,1-4H3,(H,25,26). The third-order valence-corrected chi connectivity index (χ3v) is 5.37. The van der Waals surface area contributed by atoms with E-state index < -0.39 is 0 Å². The average Bonchev–Trinajstić information content (AvgIpc) is 3.10. The molecule has 0 saturated carbocycles. The van der Waals surface area contributed by atoms with E-state index in [2.05, 4.69) is 23.7 Å². The Kier molecular flexibility index (Phi) is 5.48. The van der Waals surface area contributed by atoms with E-state index in [-0.39, 0.29) is 12.0 Å². The van der Waals surface area contributed by atoms with Crippen molar-refractivity contribution in [2.45, 2.75) is 33.2 Å². The molecule has 0 amide bonds. The van der Waals surface area contributed by atoms with E-state index in [1.807, 2.05) is 55.5 Å². The minimum Gasteiger partial charge on any atom is -0.494 e. The molecule has 1 unspecified atom stereocenters. The summed E-state index contributed by atoms with van der Waals surface area (Å²) in [4.78, 5) is 17.5. The van der Waals surface area contributed by atoms with Gasteiger partial charge in [0, 0.05) is 5.70 Å². The van der Waals surface area contributed by atoms with Crippen LogP contribution in [0.2, 0.25) is 0 Å². The van der Waals surface area contributed by atoms with Crippen LogP contribution in [0.1, 0.15) is 38.8 Å². The number of ether oxygens (including phenoxy) is 2. The summed E-state index contributed by atoms with van der Waals surface area (Å²) in [6, 6.07) is 15.5. The van der Waals surface area contributed by atoms with E-state index in [0.717, 1.165) is 34.5 Å². The molecule has 156 valence electrons. The van der Waals surface area contributed by atoms with Gasteiger partial charge in [-0.3, -0.25) is 4.57 Å². The molecular formula is C24H27N3O3. The molecule has 1 atom stereocenters. The van der Waals surface area contributed by atoms with E-state index in [1.165, 1.54) is 7.11 Å². The average molecular weight is 405 g/mol. The molecule has 0 radical (unpaired) electrons. The number of methoxy groups -OCH3 is 1. The van der Waals surface area contributed by atoms with Crippen LogP contribution in [0.3, 0.4) is 0 Å². The number of rotatable bonds is 6. The highest BCUT2D eigenvalue weighted by molar-refractivity contribution is 5.94. The van der Waals surface area contributed by atoms with Gasteiger partial charge in [-0.05, 0) is 49.1 Å². The lowest BCUT2D eigenvalue weighted by Crippen LogP contribution is -2.28. The van der Waals surface area contributed by atoms with Crippen molar-refractivity contribution in [3.8, 4) is 5.75 Å². The van der Waals surface area contributed by atoms with Gasteiger partial charge >= 0.3 is 5.97 Å². The van der Waals surface area contributed by atoms with Crippen LogP contribution in [0.15, 0.2) is 59.8 Å². The number of benzene rings is 2. The molecule has 0 bridgehead atoms. The van der Waals surface area contributed by atoms with Crippen molar-refractivity contribution in [2.24, 2.45) is 5.92 Å². The molecule has 4 rings (SSSR count). The summed E-state index contributed by atoms with van der Waals surface area (Å²) < 4.78 is 13.2. The molecule has 6 heteroatoms. The van der Waals surface area contributed by atoms with Gasteiger partial charge in [-0.25, -0.2) is 9.78 Å². The van der Waals surface area contributed by atoms with Crippen LogP contribution in [0.5, 0.6) is 5.75 Å². The molecule has 0 spiro atoms. The van der Waals surface area contributed by atoms with Crippen molar-refractivity contribution in [1.82, 2.24) is 9.55 Å². The molecule has 1 N–H and O–H groups in total. The first kappa shape index (κ1) is 20.0. The number of aromatic nitrogens is 2. The SMILES string of the molecule is COC(=O)C1=C(C)Nc2nc3ccccc3n2C1c1cccc(OCCC(C)C)c1. The Morgan fingerprint density at radius 2 is 2.00 bits per heavy atom. The van der Waals surface area contributed by atoms with E-state index in [0.29, 0.717) is 24.0 Å². The predicted molar refractivity (Wildman–Crippen MR) is 118 cm³/mol. The molecule has 0 fully saturated rings. The number of esters is 1. The van der Waals surface area contributed by atoms with Crippen LogP contribution < -0.4 is 10.1 Å². The van der Waals surface area contributed by atoms with Crippen LogP contribution in [0, 0.1) is 5.92 Å². The molecule has 30 heavy (non-hydrogen) atoms. The van der Waals surface area contributed by atoms with Crippen LogP contribution in [0.4, 0.5) is 5.95 Å². The monoisotopic (exact) mass is 405 g/mol. The lowest BCUT2D eigenvalue weighted by Gasteiger charge is -2.30. The Hall–Kier alpha value is -3.28. The Morgan fingerprint density at radius 3 is 2.77 bits per heavy atom. The lowest BCUT2D eigenvalue weighted by atomic mass is 9.95. The van der Waals surface area contributed by atoms with Crippen LogP contribution in [0.25, 0.3) is 11.0 Å². The van der Waals surface area contributed by atoms with Gasteiger partial charge < -0.3 is 14.8 Å². The minimum atomic E-state index is -0.366. The second-order valence-corrected chi connectivity index (χ2v) is 7.96. The first-order chi connectivity index (χ1) is 14.5. The first-order valence-corrected chi connectivity index (χ1v) is 10.3. The lowest BCUT2D eigenvalue weighted by molar-refractivity contribution is -0.136. The molecule has 1 aliphatic rings. The van der Waals surface area contributed by atoms with Gasteiger partial charge in [-0.15, -0.1) is 0 Å². The van der Waals surface area contributed by atoms with Crippen molar-refractivity contribution >= 4 is 23.0 Å². The maximum Gasteiger partial charge on any atom is 0.337 e. The predicted octanol–water partition coefficient (Wildman–Crippen LogP) is 4.92. The van der Waals surface area contributed by atoms with E-state index in [9.17, 15) is 4.79 Å². The first-order valence-electron chi connectivity index (χ1n) is 10.3. The summed E-state index contributed by atoms with van der Waals surface area (Å²) >= 11 is 0. The number of nitrogens with zero attached hydrogens (tertiary/aromatic N) is 2. The van der Waals surface area contributed by atoms with Gasteiger partial charge in [-0.1, -0.05) is 38.1 Å². The number of carbonyl (C=O) groups excluding carboxylic acids is 1. The van der Waals surface area contributed by atoms with E-state index >= 15 is 0 Å². The highest BCUT2D eigenvalue weighted by Gasteiger charge is 2.34. The summed E-state index contributed by atoms with van der Waals surface area (Å²) in [6.45, 7) is 6.89. The number of imidazole rings is 1. The number of para-hydroxylation sites is 2. The van der Waals surface area contributed by atoms with Gasteiger partial charge in [0.25, 0.3) is 0 Å². The molecule has 1 aromatic heterocycles. The fourth-order valence-corrected chi connectivity index (χ4v) is 3.84. The topological polar surface area (TPSA) is 65.4 Å². The molecule has 3 aromatic rings. The van der Waals surface area contributed by atoms with Crippen molar-refractivity contribution in [3.05, 3.63) is 65.4 Å². The highest BCUT2D eigenvalue weighted by atomic mass is 16.5. The van der Waals surface area contributed by atoms with Gasteiger partial charge in [0.2, 0.25) is 5.95 Å². The van der Waals surface area contributed by atoms with Crippen molar-refractivity contribution < 1.29 is 14.3 Å². The van der Waals surface area contributed by atoms with E-state index in [1.54, 1.807) is 0 Å². The smallest absolute Gasteiger partial charge is 0.337 e. The Labute approximate surface area is 176 Å². The number of hydrogen-bond acceptors (Lipinski definition) is 5. The largest absolute Gasteiger partial charge is 0.494 e. The fraction of sp³-hybridized carbons (Fsp3) is 0.333. The molecule has 2 heterocycles. The molecule has 0 aliphatic carbocycles. The van der Waals surface area contributed by atoms with Crippen LogP contribution in [-0.4, -0.2) is 29.2 Å². The van der Waals surface area contributed by atoms with Gasteiger partial charge in [0.15, 0.2) is 0 Å². The second-order valence-electron chi connectivity index (χ2n) is 7.96. The minimum absolute atomic E-state index is 0.362. The second kappa shape index (κ2) is 8.22. The summed E-state index contributed by atoms with van der Waals surface area (Å²) in [6.07, 6.45) is 0.986. The zero-order chi connectivity index (χ0) is 21.3. The third-order valence-electron chi connectivity index (χ3n) is 5.37. The molecule has 2 aromatic carbocycles. The van der Waals surface area contributed by atoms with Gasteiger partial charge in [-0.2, -0.15) is 0 Å². The fourth-order valence-electron chi connectivity index (χ4n) is 3.84. The van der Waals surface area contributed by atoms with Crippen LogP contribution in [-0.2, 0) is 9.53 Å². The zero-order valence-electron chi connectivity index (χ0n) is 17.8. The molecule has 0 saturated heterocycles. The Balaban J connectivity index is 1.82. The maximum absolute atomic E-state index is 12.8. The van der Waals surface area contributed by atoms with Gasteiger partial charge in [0.1, 0.15) is 5.75 Å². The molecule has 1 aliphatic heterocycles. The van der Waals surface area contributed by atoms with Crippen molar-refractivity contribution in [3.63, 3.8) is 0 Å². The third kappa shape index (κ3) is 3.65. The summed E-state index contributed by atoms with van der Waals surface area (Å²) in [5, 5.41) is 3.28. The Bertz CT molecular complexity index is 1110.